The van der Waals surface area contributed by atoms with Crippen molar-refractivity contribution in [1.29, 1.82) is 0 Å². The second-order valence-corrected chi connectivity index (χ2v) is 30.3. The van der Waals surface area contributed by atoms with E-state index in [0.717, 1.165) is 155 Å². The Morgan fingerprint density at radius 1 is 0.226 bits per heavy atom. The third-order valence-electron chi connectivity index (χ3n) is 24.0. The third-order valence-corrected chi connectivity index (χ3v) is 24.0. The Kier molecular flexibility index (Phi) is 13.4. The van der Waals surface area contributed by atoms with Crippen LogP contribution < -0.4 is 31.4 Å². The molecule has 2 aliphatic rings. The van der Waals surface area contributed by atoms with Gasteiger partial charge in [0, 0.05) is 75.7 Å². The van der Waals surface area contributed by atoms with E-state index < -0.39 is 0 Å². The number of anilines is 9. The molecular formula is C100H62N12O3. The highest BCUT2D eigenvalue weighted by Gasteiger charge is 2.38. The molecule has 0 saturated heterocycles. The average molecular weight is 1480 g/mol. The number of para-hydroxylation sites is 17. The highest BCUT2D eigenvalue weighted by atomic mass is 16.1. The first-order valence-electron chi connectivity index (χ1n) is 38.6. The molecule has 0 saturated carbocycles. The summed E-state index contributed by atoms with van der Waals surface area (Å²) in [4.78, 5) is 68.3. The van der Waals surface area contributed by atoms with Crippen LogP contribution in [0, 0.1) is 0 Å². The first-order valence-corrected chi connectivity index (χ1v) is 38.6. The molecule has 10 heterocycles. The van der Waals surface area contributed by atoms with Crippen molar-refractivity contribution in [2.45, 2.75) is 19.3 Å². The van der Waals surface area contributed by atoms with Gasteiger partial charge in [0.15, 0.2) is 0 Å². The maximum Gasteiger partial charge on any atom is 0.264 e. The second kappa shape index (κ2) is 24.0. The number of hydrogen-bond donors (Lipinski definition) is 0. The van der Waals surface area contributed by atoms with Gasteiger partial charge < -0.3 is 14.7 Å². The highest BCUT2D eigenvalue weighted by Crippen LogP contribution is 2.57. The van der Waals surface area contributed by atoms with E-state index in [1.54, 1.807) is 13.2 Å². The molecule has 0 spiro atoms. The van der Waals surface area contributed by atoms with Gasteiger partial charge in [-0.2, -0.15) is 0 Å². The molecule has 26 rings (SSSR count). The van der Waals surface area contributed by atoms with E-state index in [0.29, 0.717) is 33.1 Å². The van der Waals surface area contributed by atoms with Gasteiger partial charge in [0.2, 0.25) is 5.78 Å². The summed E-state index contributed by atoms with van der Waals surface area (Å²) >= 11 is 0. The summed E-state index contributed by atoms with van der Waals surface area (Å²) in [5.41, 5.74) is 24.4. The molecular weight excluding hydrogens is 1420 g/mol. The number of nitrogens with zero attached hydrogens (tertiary/aromatic N) is 12. The topological polar surface area (TPSA) is 135 Å². The smallest absolute Gasteiger partial charge is 0.264 e. The summed E-state index contributed by atoms with van der Waals surface area (Å²) in [5.74, 6) is 0.845. The molecule has 8 aromatic heterocycles. The Balaban J connectivity index is 0.0000000995. The monoisotopic (exact) mass is 1480 g/mol. The van der Waals surface area contributed by atoms with E-state index in [1.165, 1.54) is 22.5 Å². The fraction of sp³-hybridized carbons (Fsp3) is 0.0300. The molecule has 115 heavy (non-hydrogen) atoms. The molecule has 0 atom stereocenters. The lowest BCUT2D eigenvalue weighted by Gasteiger charge is -2.42. The lowest BCUT2D eigenvalue weighted by atomic mass is 9.73. The molecule has 0 N–H and O–H groups in total. The first-order chi connectivity index (χ1) is 56.6. The zero-order valence-corrected chi connectivity index (χ0v) is 61.9. The van der Waals surface area contributed by atoms with Crippen molar-refractivity contribution >= 4 is 194 Å². The van der Waals surface area contributed by atoms with Crippen molar-refractivity contribution < 1.29 is 0 Å². The number of fused-ring (bicyclic) bond motifs is 21. The second-order valence-electron chi connectivity index (χ2n) is 30.3. The van der Waals surface area contributed by atoms with Crippen LogP contribution in [0.15, 0.2) is 354 Å². The molecule has 0 amide bonds. The molecule has 0 radical (unpaired) electrons. The fourth-order valence-corrected chi connectivity index (χ4v) is 19.0. The summed E-state index contributed by atoms with van der Waals surface area (Å²) in [6.07, 6.45) is 0. The number of rotatable bonds is 4. The van der Waals surface area contributed by atoms with Gasteiger partial charge in [-0.05, 0) is 157 Å². The predicted octanol–water partition coefficient (Wildman–Crippen LogP) is 22.9. The first kappa shape index (κ1) is 64.2. The summed E-state index contributed by atoms with van der Waals surface area (Å²) in [7, 11) is 0. The van der Waals surface area contributed by atoms with E-state index >= 15 is 0 Å². The molecule has 540 valence electrons. The van der Waals surface area contributed by atoms with Gasteiger partial charge in [-0.15, -0.1) is 0 Å². The largest absolute Gasteiger partial charge is 0.309 e. The van der Waals surface area contributed by atoms with Crippen LogP contribution >= 0.6 is 0 Å². The Hall–Kier alpha value is -15.6. The summed E-state index contributed by atoms with van der Waals surface area (Å²) in [6.45, 7) is 4.59. The van der Waals surface area contributed by atoms with Crippen LogP contribution in [-0.2, 0) is 5.41 Å². The molecule has 0 unspecified atom stereocenters. The van der Waals surface area contributed by atoms with Crippen LogP contribution in [0.2, 0.25) is 0 Å². The van der Waals surface area contributed by atoms with Crippen molar-refractivity contribution in [2.75, 3.05) is 14.7 Å². The Morgan fingerprint density at radius 2 is 0.539 bits per heavy atom. The van der Waals surface area contributed by atoms with Crippen LogP contribution in [0.5, 0.6) is 0 Å². The van der Waals surface area contributed by atoms with Crippen molar-refractivity contribution in [3.63, 3.8) is 0 Å². The number of pyridine rings is 3. The summed E-state index contributed by atoms with van der Waals surface area (Å²) in [5, 5.41) is 10.9. The van der Waals surface area contributed by atoms with Crippen LogP contribution in [0.25, 0.3) is 148 Å². The molecule has 0 fully saturated rings. The van der Waals surface area contributed by atoms with Gasteiger partial charge in [-0.3, -0.25) is 36.6 Å². The van der Waals surface area contributed by atoms with Crippen LogP contribution in [-0.4, -0.2) is 42.1 Å². The zero-order valence-electron chi connectivity index (χ0n) is 61.9. The minimum atomic E-state index is -0.128. The summed E-state index contributed by atoms with van der Waals surface area (Å²) in [6, 6.07) is 116. The molecule has 0 bridgehead atoms. The third kappa shape index (κ3) is 8.91. The molecule has 16 aromatic carbocycles. The number of hydrogen-bond acceptors (Lipinski definition) is 10. The standard InChI is InChI=1S/C36H22N4O.C33H23N3O.C31H17N5O/c41-36-26-21-22-28(24-13-10-14-25(34(24)26)35-37-27-15-4-5-16-29(27)40(35)36)39-32-19-8-6-17-30(32)38(23-11-2-1-3-12-23)31-18-7-9-20-33(31)39;1-33(2)23-12-3-6-15-27(23)35(28-16-7-4-13-24(28)33)26-19-18-22-30-20(26)10-9-11-21(30)31-34-25-14-5-8-17-29(25)36(31)32(22)37;37-30-20-16-17-23(18-8-7-9-19(28(18)20)29-32-21-10-1-4-13-25(21)36(29)30)34-26-14-5-6-15-27(26)35-24-12-3-2-11-22(24)33-31(34)35/h1-22H;3-19H,1-2H3;1-17H. The summed E-state index contributed by atoms with van der Waals surface area (Å²) < 4.78 is 9.69. The van der Waals surface area contributed by atoms with E-state index in [2.05, 4.69) is 262 Å². The fourth-order valence-electron chi connectivity index (χ4n) is 19.0. The van der Waals surface area contributed by atoms with Crippen molar-refractivity contribution in [2.24, 2.45) is 0 Å². The molecule has 15 nitrogen and oxygen atoms in total. The van der Waals surface area contributed by atoms with E-state index in [9.17, 15) is 14.4 Å². The molecule has 15 heteroatoms. The van der Waals surface area contributed by atoms with Gasteiger partial charge in [0.1, 0.15) is 16.9 Å². The quantitative estimate of drug-likeness (QED) is 0.168. The van der Waals surface area contributed by atoms with Crippen LogP contribution in [0.3, 0.4) is 0 Å². The minimum Gasteiger partial charge on any atom is -0.309 e. The maximum atomic E-state index is 14.0. The lowest BCUT2D eigenvalue weighted by molar-refractivity contribution is 0.632. The normalized spacial score (nSPS) is 13.3. The molecule has 0 aliphatic carbocycles. The van der Waals surface area contributed by atoms with Crippen molar-refractivity contribution in [3.8, 4) is 5.69 Å². The van der Waals surface area contributed by atoms with Crippen molar-refractivity contribution in [3.05, 3.63) is 382 Å². The van der Waals surface area contributed by atoms with Gasteiger partial charge in [-0.25, -0.2) is 19.9 Å². The van der Waals surface area contributed by atoms with Gasteiger partial charge >= 0.3 is 0 Å². The predicted molar refractivity (Wildman–Crippen MR) is 468 cm³/mol. The van der Waals surface area contributed by atoms with E-state index in [1.807, 2.05) is 115 Å². The van der Waals surface area contributed by atoms with Gasteiger partial charge in [-0.1, -0.05) is 208 Å². The van der Waals surface area contributed by atoms with Crippen molar-refractivity contribution in [1.82, 2.24) is 42.1 Å². The highest BCUT2D eigenvalue weighted by molar-refractivity contribution is 6.23. The molecule has 24 aromatic rings. The van der Waals surface area contributed by atoms with E-state index in [4.69, 9.17) is 19.9 Å². The van der Waals surface area contributed by atoms with Crippen LogP contribution in [0.1, 0.15) is 25.0 Å². The van der Waals surface area contributed by atoms with E-state index in [-0.39, 0.29) is 22.1 Å². The molecule has 2 aliphatic heterocycles. The number of benzene rings is 16. The van der Waals surface area contributed by atoms with Crippen LogP contribution in [0.4, 0.5) is 51.2 Å². The average Bonchev–Trinajstić information content (AvgIpc) is 1.26. The Bertz CT molecular complexity index is 8370. The Morgan fingerprint density at radius 3 is 0.974 bits per heavy atom. The Labute approximate surface area is 653 Å². The maximum absolute atomic E-state index is 14.0. The van der Waals surface area contributed by atoms with Gasteiger partial charge in [0.05, 0.1) is 106 Å². The van der Waals surface area contributed by atoms with Gasteiger partial charge in [0.25, 0.3) is 16.7 Å². The number of imidazole rings is 5. The zero-order chi connectivity index (χ0) is 76.2. The lowest BCUT2D eigenvalue weighted by Crippen LogP contribution is -2.30. The SMILES string of the molecule is CC1(C)c2ccccc2N(c2ccc3c(=O)n4c5ccccc5nc4c4cccc2c34)c2ccccc21.O=c1c2ccc(-n3c4ccccc4n4c5ccccc5nc34)c3cccc(c32)c2nc3ccccc3n12.O=c1c2ccc(N3c4ccccc4N(c4ccccc4)c4ccccc43)c3cccc(c32)c2nc3ccccc3n12. The number of aromatic nitrogens is 9. The minimum absolute atomic E-state index is 0.0282.